The van der Waals surface area contributed by atoms with E-state index in [0.717, 1.165) is 29.8 Å². The van der Waals surface area contributed by atoms with Crippen LogP contribution in [-0.4, -0.2) is 22.7 Å². The molecule has 3 aromatic rings. The highest BCUT2D eigenvalue weighted by molar-refractivity contribution is 5.68. The normalized spacial score (nSPS) is 15.2. The second-order valence-corrected chi connectivity index (χ2v) is 7.78. The molecule has 0 saturated carbocycles. The van der Waals surface area contributed by atoms with Crippen molar-refractivity contribution in [3.63, 3.8) is 0 Å². The molecule has 1 aromatic heterocycles. The fraction of sp³-hybridized carbons (Fsp3) is 0.333. The van der Waals surface area contributed by atoms with E-state index in [1.54, 1.807) is 19.1 Å². The van der Waals surface area contributed by atoms with Gasteiger partial charge in [0, 0.05) is 12.0 Å². The number of aryl methyl sites for hydroxylation is 3. The number of carboxylic acid groups (broad SMARTS) is 1. The van der Waals surface area contributed by atoms with Crippen LogP contribution in [0.2, 0.25) is 0 Å². The number of halogens is 1. The Balaban J connectivity index is 1.39. The monoisotopic (exact) mass is 409 g/mol. The summed E-state index contributed by atoms with van der Waals surface area (Å²) in [6.07, 6.45) is 2.46. The number of aromatic nitrogens is 1. The van der Waals surface area contributed by atoms with E-state index in [-0.39, 0.29) is 18.2 Å². The van der Waals surface area contributed by atoms with Gasteiger partial charge in [-0.1, -0.05) is 12.1 Å². The smallest absolute Gasteiger partial charge is 0.303 e. The minimum Gasteiger partial charge on any atom is -0.493 e. The van der Waals surface area contributed by atoms with E-state index in [1.807, 2.05) is 25.1 Å². The maximum atomic E-state index is 13.8. The third-order valence-electron chi connectivity index (χ3n) is 5.65. The van der Waals surface area contributed by atoms with Crippen molar-refractivity contribution in [2.75, 3.05) is 6.61 Å². The van der Waals surface area contributed by atoms with Crippen molar-refractivity contribution >= 4 is 5.97 Å². The number of carbonyl (C=O) groups is 1. The van der Waals surface area contributed by atoms with Gasteiger partial charge in [0.15, 0.2) is 0 Å². The summed E-state index contributed by atoms with van der Waals surface area (Å²) in [5.74, 6) is 0.937. The van der Waals surface area contributed by atoms with Crippen LogP contribution in [-0.2, 0) is 17.6 Å². The van der Waals surface area contributed by atoms with Crippen LogP contribution in [0.4, 0.5) is 4.39 Å². The van der Waals surface area contributed by atoms with Crippen molar-refractivity contribution in [2.45, 2.75) is 45.4 Å². The number of carboxylic acids is 1. The van der Waals surface area contributed by atoms with Gasteiger partial charge in [0.1, 0.15) is 17.3 Å². The van der Waals surface area contributed by atoms with E-state index >= 15 is 0 Å². The third-order valence-corrected chi connectivity index (χ3v) is 5.65. The molecule has 1 aliphatic carbocycles. The molecule has 30 heavy (non-hydrogen) atoms. The van der Waals surface area contributed by atoms with Gasteiger partial charge in [0.05, 0.1) is 18.7 Å². The SMILES string of the molecule is Cc1ccc(-c2nc(C)c(CCOc3ccc4c(c3)CC[C@H]4CC(=O)O)o2)cc1F. The Kier molecular flexibility index (Phi) is 5.57. The number of hydrogen-bond donors (Lipinski definition) is 1. The fourth-order valence-electron chi connectivity index (χ4n) is 3.97. The predicted molar refractivity (Wildman–Crippen MR) is 110 cm³/mol. The molecule has 4 rings (SSSR count). The van der Waals surface area contributed by atoms with Gasteiger partial charge in [0.2, 0.25) is 5.89 Å². The number of nitrogens with zero attached hydrogens (tertiary/aromatic N) is 1. The maximum Gasteiger partial charge on any atom is 0.303 e. The van der Waals surface area contributed by atoms with Crippen LogP contribution in [0, 0.1) is 19.7 Å². The summed E-state index contributed by atoms with van der Waals surface area (Å²) in [5, 5.41) is 9.04. The molecule has 1 heterocycles. The lowest BCUT2D eigenvalue weighted by Gasteiger charge is -2.10. The van der Waals surface area contributed by atoms with E-state index in [0.29, 0.717) is 35.8 Å². The molecule has 5 nitrogen and oxygen atoms in total. The molecule has 0 spiro atoms. The number of benzene rings is 2. The van der Waals surface area contributed by atoms with Crippen LogP contribution in [0.25, 0.3) is 11.5 Å². The van der Waals surface area contributed by atoms with Gasteiger partial charge in [-0.2, -0.15) is 0 Å². The standard InChI is InChI=1S/C24H24FNO4/c1-14-3-4-18(12-21(14)25)24-26-15(2)22(30-24)9-10-29-19-7-8-20-16(11-19)5-6-17(20)13-23(27)28/h3-4,7-8,11-12,17H,5-6,9-10,13H2,1-2H3,(H,27,28)/t17-/m0/s1. The lowest BCUT2D eigenvalue weighted by Crippen LogP contribution is -2.04. The molecule has 0 bridgehead atoms. The Morgan fingerprint density at radius 2 is 2.10 bits per heavy atom. The Labute approximate surface area is 174 Å². The lowest BCUT2D eigenvalue weighted by atomic mass is 9.98. The zero-order valence-electron chi connectivity index (χ0n) is 17.1. The zero-order chi connectivity index (χ0) is 21.3. The molecule has 1 N–H and O–H groups in total. The second kappa shape index (κ2) is 8.30. The van der Waals surface area contributed by atoms with Gasteiger partial charge in [-0.05, 0) is 73.6 Å². The minimum atomic E-state index is -0.761. The van der Waals surface area contributed by atoms with Crippen molar-refractivity contribution in [1.82, 2.24) is 4.98 Å². The van der Waals surface area contributed by atoms with E-state index in [2.05, 4.69) is 4.98 Å². The average molecular weight is 409 g/mol. The summed E-state index contributed by atoms with van der Waals surface area (Å²) in [4.78, 5) is 15.4. The molecule has 1 atom stereocenters. The second-order valence-electron chi connectivity index (χ2n) is 7.78. The van der Waals surface area contributed by atoms with Crippen molar-refractivity contribution < 1.29 is 23.4 Å². The molecule has 0 radical (unpaired) electrons. The van der Waals surface area contributed by atoms with Crippen molar-refractivity contribution in [3.05, 3.63) is 70.4 Å². The van der Waals surface area contributed by atoms with Crippen LogP contribution in [0.5, 0.6) is 5.75 Å². The molecule has 156 valence electrons. The van der Waals surface area contributed by atoms with Gasteiger partial charge >= 0.3 is 5.97 Å². The summed E-state index contributed by atoms with van der Waals surface area (Å²) in [5.41, 5.74) is 4.24. The van der Waals surface area contributed by atoms with Gasteiger partial charge in [-0.15, -0.1) is 0 Å². The highest BCUT2D eigenvalue weighted by atomic mass is 19.1. The highest BCUT2D eigenvalue weighted by Crippen LogP contribution is 2.37. The van der Waals surface area contributed by atoms with Gasteiger partial charge < -0.3 is 14.3 Å². The highest BCUT2D eigenvalue weighted by Gasteiger charge is 2.25. The Bertz CT molecular complexity index is 1090. The van der Waals surface area contributed by atoms with Crippen LogP contribution < -0.4 is 4.74 Å². The molecular weight excluding hydrogens is 385 g/mol. The number of oxazole rings is 1. The molecule has 0 amide bonds. The minimum absolute atomic E-state index is 0.0911. The molecular formula is C24H24FNO4. The number of ether oxygens (including phenoxy) is 1. The molecule has 0 fully saturated rings. The van der Waals surface area contributed by atoms with Crippen LogP contribution >= 0.6 is 0 Å². The molecule has 2 aromatic carbocycles. The Morgan fingerprint density at radius 3 is 2.87 bits per heavy atom. The molecule has 6 heteroatoms. The number of hydrogen-bond acceptors (Lipinski definition) is 4. The quantitative estimate of drug-likeness (QED) is 0.579. The zero-order valence-corrected chi connectivity index (χ0v) is 17.1. The van der Waals surface area contributed by atoms with Gasteiger partial charge in [-0.3, -0.25) is 4.79 Å². The lowest BCUT2D eigenvalue weighted by molar-refractivity contribution is -0.137. The Hall–Kier alpha value is -3.15. The van der Waals surface area contributed by atoms with E-state index in [4.69, 9.17) is 14.3 Å². The topological polar surface area (TPSA) is 72.6 Å². The molecule has 0 aliphatic heterocycles. The first kappa shape index (κ1) is 20.1. The maximum absolute atomic E-state index is 13.8. The van der Waals surface area contributed by atoms with E-state index < -0.39 is 5.97 Å². The Morgan fingerprint density at radius 1 is 1.27 bits per heavy atom. The van der Waals surface area contributed by atoms with Gasteiger partial charge in [0.25, 0.3) is 0 Å². The average Bonchev–Trinajstić information content (AvgIpc) is 3.27. The molecule has 0 unspecified atom stereocenters. The first-order chi connectivity index (χ1) is 14.4. The fourth-order valence-corrected chi connectivity index (χ4v) is 3.97. The first-order valence-electron chi connectivity index (χ1n) is 10.1. The number of aliphatic carboxylic acids is 1. The van der Waals surface area contributed by atoms with Crippen molar-refractivity contribution in [2.24, 2.45) is 0 Å². The van der Waals surface area contributed by atoms with E-state index in [1.165, 1.54) is 11.6 Å². The largest absolute Gasteiger partial charge is 0.493 e. The van der Waals surface area contributed by atoms with Crippen LogP contribution in [0.3, 0.4) is 0 Å². The summed E-state index contributed by atoms with van der Waals surface area (Å²) in [6.45, 7) is 4.01. The molecule has 0 saturated heterocycles. The van der Waals surface area contributed by atoms with Crippen LogP contribution in [0.1, 0.15) is 46.9 Å². The summed E-state index contributed by atoms with van der Waals surface area (Å²) >= 11 is 0. The van der Waals surface area contributed by atoms with Crippen molar-refractivity contribution in [1.29, 1.82) is 0 Å². The van der Waals surface area contributed by atoms with Crippen molar-refractivity contribution in [3.8, 4) is 17.2 Å². The first-order valence-corrected chi connectivity index (χ1v) is 10.1. The number of fused-ring (bicyclic) bond motifs is 1. The predicted octanol–water partition coefficient (Wildman–Crippen LogP) is 5.22. The molecule has 1 aliphatic rings. The van der Waals surface area contributed by atoms with Gasteiger partial charge in [-0.25, -0.2) is 9.37 Å². The third kappa shape index (κ3) is 4.22. The summed E-state index contributed by atoms with van der Waals surface area (Å²) in [6, 6.07) is 10.8. The summed E-state index contributed by atoms with van der Waals surface area (Å²) in [7, 11) is 0. The van der Waals surface area contributed by atoms with Crippen LogP contribution in [0.15, 0.2) is 40.8 Å². The summed E-state index contributed by atoms with van der Waals surface area (Å²) < 4.78 is 25.6. The number of rotatable bonds is 7. The van der Waals surface area contributed by atoms with E-state index in [9.17, 15) is 9.18 Å².